The summed E-state index contributed by atoms with van der Waals surface area (Å²) in [5, 5.41) is 0. The molecule has 0 N–H and O–H groups in total. The van der Waals surface area contributed by atoms with Gasteiger partial charge >= 0.3 is 0 Å². The Morgan fingerprint density at radius 1 is 1.78 bits per heavy atom. The van der Waals surface area contributed by atoms with Crippen molar-refractivity contribution in [3.63, 3.8) is 0 Å². The fourth-order valence-electron chi connectivity index (χ4n) is 0.803. The lowest BCUT2D eigenvalue weighted by Crippen LogP contribution is -1.97. The fourth-order valence-corrected chi connectivity index (χ4v) is 1.77. The van der Waals surface area contributed by atoms with Gasteiger partial charge in [0.2, 0.25) is 0 Å². The van der Waals surface area contributed by atoms with Crippen LogP contribution in [0.1, 0.15) is 19.8 Å². The lowest BCUT2D eigenvalue weighted by Gasteiger charge is -2.07. The molecule has 1 aliphatic rings. The maximum Gasteiger partial charge on any atom is 0.165 e. The van der Waals surface area contributed by atoms with Crippen molar-refractivity contribution in [2.75, 3.05) is 5.75 Å². The Bertz CT molecular complexity index is 149. The molecule has 0 unspecified atom stereocenters. The van der Waals surface area contributed by atoms with E-state index < -0.39 is 0 Å². The molecule has 50 valence electrons. The number of rotatable bonds is 1. The third-order valence-corrected chi connectivity index (χ3v) is 2.54. The minimum Gasteiger partial charge on any atom is -0.294 e. The molecule has 0 aliphatic carbocycles. The molecule has 0 bridgehead atoms. The summed E-state index contributed by atoms with van der Waals surface area (Å²) in [5.74, 6) is 1.34. The van der Waals surface area contributed by atoms with E-state index in [9.17, 15) is 4.79 Å². The molecule has 0 atom stereocenters. The summed E-state index contributed by atoms with van der Waals surface area (Å²) in [7, 11) is 0. The summed E-state index contributed by atoms with van der Waals surface area (Å²) in [6.45, 7) is 1.63. The second kappa shape index (κ2) is 3.06. The molecule has 0 aromatic heterocycles. The Morgan fingerprint density at radius 2 is 2.56 bits per heavy atom. The molecular formula is C7H10OS. The first-order chi connectivity index (χ1) is 4.30. The number of carbonyl (C=O) groups is 1. The van der Waals surface area contributed by atoms with Gasteiger partial charge in [0, 0.05) is 4.91 Å². The van der Waals surface area contributed by atoms with E-state index in [1.54, 1.807) is 18.7 Å². The lowest BCUT2D eigenvalue weighted by molar-refractivity contribution is -0.113. The van der Waals surface area contributed by atoms with E-state index in [1.165, 1.54) is 6.42 Å². The van der Waals surface area contributed by atoms with E-state index in [0.29, 0.717) is 0 Å². The number of hydrogen-bond acceptors (Lipinski definition) is 2. The van der Waals surface area contributed by atoms with Gasteiger partial charge in [0.15, 0.2) is 5.78 Å². The molecule has 9 heavy (non-hydrogen) atoms. The molecular weight excluding hydrogens is 132 g/mol. The van der Waals surface area contributed by atoms with Crippen molar-refractivity contribution in [1.29, 1.82) is 0 Å². The Kier molecular flexibility index (Phi) is 2.34. The van der Waals surface area contributed by atoms with Crippen LogP contribution in [-0.4, -0.2) is 11.5 Å². The van der Waals surface area contributed by atoms with Crippen molar-refractivity contribution in [3.05, 3.63) is 11.0 Å². The third kappa shape index (κ3) is 1.86. The highest BCUT2D eigenvalue weighted by Crippen LogP contribution is 2.23. The molecule has 0 fully saturated rings. The maximum atomic E-state index is 10.7. The van der Waals surface area contributed by atoms with Crippen molar-refractivity contribution in [2.45, 2.75) is 19.8 Å². The zero-order valence-electron chi connectivity index (χ0n) is 5.52. The Balaban J connectivity index is 2.57. The van der Waals surface area contributed by atoms with Crippen LogP contribution in [0.4, 0.5) is 0 Å². The predicted octanol–water partition coefficient (Wildman–Crippen LogP) is 1.99. The van der Waals surface area contributed by atoms with Gasteiger partial charge in [0.25, 0.3) is 0 Å². The summed E-state index contributed by atoms with van der Waals surface area (Å²) in [4.78, 5) is 11.7. The van der Waals surface area contributed by atoms with Crippen LogP contribution in [0.5, 0.6) is 0 Å². The van der Waals surface area contributed by atoms with Gasteiger partial charge in [-0.15, -0.1) is 11.8 Å². The molecule has 0 aromatic carbocycles. The highest BCUT2D eigenvalue weighted by atomic mass is 32.2. The average molecular weight is 142 g/mol. The summed E-state index contributed by atoms with van der Waals surface area (Å²) in [5.41, 5.74) is 0. The summed E-state index contributed by atoms with van der Waals surface area (Å²) in [6, 6.07) is 0. The molecule has 0 radical (unpaired) electrons. The van der Waals surface area contributed by atoms with Crippen LogP contribution in [0.15, 0.2) is 11.0 Å². The van der Waals surface area contributed by atoms with Crippen molar-refractivity contribution >= 4 is 17.5 Å². The van der Waals surface area contributed by atoms with E-state index in [-0.39, 0.29) is 5.78 Å². The second-order valence-electron chi connectivity index (χ2n) is 2.12. The SMILES string of the molecule is CC(=O)C1=CCCCS1. The summed E-state index contributed by atoms with van der Waals surface area (Å²) >= 11 is 1.68. The Hall–Kier alpha value is -0.240. The summed E-state index contributed by atoms with van der Waals surface area (Å²) in [6.07, 6.45) is 4.35. The second-order valence-corrected chi connectivity index (χ2v) is 3.25. The number of thioether (sulfide) groups is 1. The molecule has 0 spiro atoms. The van der Waals surface area contributed by atoms with Crippen LogP contribution in [0.25, 0.3) is 0 Å². The molecule has 2 heteroatoms. The number of allylic oxidation sites excluding steroid dienone is 2. The highest BCUT2D eigenvalue weighted by molar-refractivity contribution is 8.04. The van der Waals surface area contributed by atoms with E-state index in [4.69, 9.17) is 0 Å². The van der Waals surface area contributed by atoms with Crippen LogP contribution < -0.4 is 0 Å². The topological polar surface area (TPSA) is 17.1 Å². The molecule has 0 saturated carbocycles. The van der Waals surface area contributed by atoms with E-state index >= 15 is 0 Å². The zero-order valence-corrected chi connectivity index (χ0v) is 6.33. The van der Waals surface area contributed by atoms with Gasteiger partial charge in [0.05, 0.1) is 0 Å². The lowest BCUT2D eigenvalue weighted by atomic mass is 10.3. The van der Waals surface area contributed by atoms with Gasteiger partial charge < -0.3 is 0 Å². The molecule has 0 saturated heterocycles. The monoisotopic (exact) mass is 142 g/mol. The Morgan fingerprint density at radius 3 is 2.89 bits per heavy atom. The highest BCUT2D eigenvalue weighted by Gasteiger charge is 2.06. The van der Waals surface area contributed by atoms with Crippen LogP contribution in [0.3, 0.4) is 0 Å². The average Bonchev–Trinajstić information content (AvgIpc) is 1.90. The largest absolute Gasteiger partial charge is 0.294 e. The van der Waals surface area contributed by atoms with E-state index in [1.807, 2.05) is 6.08 Å². The van der Waals surface area contributed by atoms with E-state index in [0.717, 1.165) is 17.1 Å². The first-order valence-electron chi connectivity index (χ1n) is 3.14. The number of Topliss-reactive ketones (excluding diaryl/α,β-unsaturated/α-hetero) is 1. The zero-order chi connectivity index (χ0) is 6.69. The number of hydrogen-bond donors (Lipinski definition) is 0. The molecule has 1 nitrogen and oxygen atoms in total. The van der Waals surface area contributed by atoms with Gasteiger partial charge in [-0.1, -0.05) is 6.08 Å². The number of carbonyl (C=O) groups excluding carboxylic acids is 1. The predicted molar refractivity (Wildman–Crippen MR) is 40.5 cm³/mol. The first kappa shape index (κ1) is 6.87. The first-order valence-corrected chi connectivity index (χ1v) is 4.13. The van der Waals surface area contributed by atoms with Crippen LogP contribution in [0, 0.1) is 0 Å². The van der Waals surface area contributed by atoms with Crippen molar-refractivity contribution in [2.24, 2.45) is 0 Å². The minimum absolute atomic E-state index is 0.222. The molecule has 0 amide bonds. The summed E-state index contributed by atoms with van der Waals surface area (Å²) < 4.78 is 0. The third-order valence-electron chi connectivity index (χ3n) is 1.28. The van der Waals surface area contributed by atoms with Gasteiger partial charge in [-0.3, -0.25) is 4.79 Å². The van der Waals surface area contributed by atoms with Crippen LogP contribution in [0.2, 0.25) is 0 Å². The number of ketones is 1. The van der Waals surface area contributed by atoms with Crippen molar-refractivity contribution < 1.29 is 4.79 Å². The van der Waals surface area contributed by atoms with Crippen molar-refractivity contribution in [1.82, 2.24) is 0 Å². The quantitative estimate of drug-likeness (QED) is 0.557. The van der Waals surface area contributed by atoms with Gasteiger partial charge in [0.1, 0.15) is 0 Å². The molecule has 1 heterocycles. The van der Waals surface area contributed by atoms with Gasteiger partial charge in [-0.2, -0.15) is 0 Å². The van der Waals surface area contributed by atoms with Crippen LogP contribution in [-0.2, 0) is 4.79 Å². The normalized spacial score (nSPS) is 19.0. The molecule has 1 aliphatic heterocycles. The van der Waals surface area contributed by atoms with Crippen molar-refractivity contribution in [3.8, 4) is 0 Å². The Labute approximate surface area is 59.5 Å². The maximum absolute atomic E-state index is 10.7. The fraction of sp³-hybridized carbons (Fsp3) is 0.571. The van der Waals surface area contributed by atoms with Crippen LogP contribution >= 0.6 is 11.8 Å². The molecule has 0 aromatic rings. The minimum atomic E-state index is 0.222. The van der Waals surface area contributed by atoms with Gasteiger partial charge in [-0.25, -0.2) is 0 Å². The standard InChI is InChI=1S/C7H10OS/c1-6(8)7-4-2-3-5-9-7/h4H,2-3,5H2,1H3. The van der Waals surface area contributed by atoms with Gasteiger partial charge in [-0.05, 0) is 25.5 Å². The smallest absolute Gasteiger partial charge is 0.165 e. The molecule has 1 rings (SSSR count). The van der Waals surface area contributed by atoms with E-state index in [2.05, 4.69) is 0 Å².